The molecular formula is C30H34N2O4S. The molecule has 1 heterocycles. The Morgan fingerprint density at radius 3 is 2.35 bits per heavy atom. The van der Waals surface area contributed by atoms with E-state index in [1.807, 2.05) is 56.3 Å². The number of sulfonamides is 1. The molecule has 1 saturated carbocycles. The van der Waals surface area contributed by atoms with Crippen molar-refractivity contribution in [3.8, 4) is 11.5 Å². The van der Waals surface area contributed by atoms with Crippen LogP contribution in [0.2, 0.25) is 0 Å². The summed E-state index contributed by atoms with van der Waals surface area (Å²) in [6.07, 6.45) is 4.58. The third-order valence-corrected chi connectivity index (χ3v) is 9.30. The zero-order valence-corrected chi connectivity index (χ0v) is 22.7. The van der Waals surface area contributed by atoms with Crippen LogP contribution in [-0.2, 0) is 10.0 Å². The van der Waals surface area contributed by atoms with Crippen LogP contribution < -0.4 is 13.8 Å². The summed E-state index contributed by atoms with van der Waals surface area (Å²) < 4.78 is 39.3. The van der Waals surface area contributed by atoms with Crippen LogP contribution in [0.15, 0.2) is 70.6 Å². The summed E-state index contributed by atoms with van der Waals surface area (Å²) in [5.74, 6) is 1.85. The highest BCUT2D eigenvalue weighted by Gasteiger charge is 2.34. The third-order valence-electron chi connectivity index (χ3n) is 7.50. The number of benzene rings is 3. The molecule has 1 fully saturated rings. The van der Waals surface area contributed by atoms with E-state index in [9.17, 15) is 8.42 Å². The quantitative estimate of drug-likeness (QED) is 0.379. The van der Waals surface area contributed by atoms with Gasteiger partial charge in [0.15, 0.2) is 11.5 Å². The lowest BCUT2D eigenvalue weighted by Crippen LogP contribution is -2.30. The molecule has 0 saturated heterocycles. The van der Waals surface area contributed by atoms with E-state index >= 15 is 0 Å². The zero-order valence-electron chi connectivity index (χ0n) is 21.9. The van der Waals surface area contributed by atoms with E-state index < -0.39 is 10.0 Å². The van der Waals surface area contributed by atoms with Gasteiger partial charge in [-0.1, -0.05) is 42.7 Å². The first-order valence-electron chi connectivity index (χ1n) is 12.9. The van der Waals surface area contributed by atoms with Gasteiger partial charge in [0.05, 0.1) is 36.1 Å². The number of nitrogens with zero attached hydrogens (tertiary/aromatic N) is 2. The first-order chi connectivity index (χ1) is 17.8. The number of anilines is 1. The molecule has 1 aliphatic carbocycles. The van der Waals surface area contributed by atoms with Gasteiger partial charge in [-0.25, -0.2) is 8.42 Å². The summed E-state index contributed by atoms with van der Waals surface area (Å²) >= 11 is 0. The lowest BCUT2D eigenvalue weighted by Gasteiger charge is -2.36. The minimum absolute atomic E-state index is 0.239. The van der Waals surface area contributed by atoms with Crippen molar-refractivity contribution in [2.45, 2.75) is 56.4 Å². The summed E-state index contributed by atoms with van der Waals surface area (Å²) in [7, 11) is -0.411. The summed E-state index contributed by atoms with van der Waals surface area (Å²) in [6.45, 7) is 4.49. The molecule has 0 bridgehead atoms. The highest BCUT2D eigenvalue weighted by molar-refractivity contribution is 7.92. The standard InChI is InChI=1S/C30H34N2O4S/c1-5-36-29-18-25-24-8-6-7-9-27(24)31-30(26(25)19-28(29)35-4)21-12-14-22(15-13-21)32(3)37(33,34)23-16-10-20(2)11-17-23/h10-19,24,27H,5-9H2,1-4H3/t24-,27-/m0/s1. The summed E-state index contributed by atoms with van der Waals surface area (Å²) in [5.41, 5.74) is 5.83. The van der Waals surface area contributed by atoms with Crippen LogP contribution in [0.4, 0.5) is 5.69 Å². The van der Waals surface area contributed by atoms with E-state index in [1.165, 1.54) is 22.7 Å². The number of methoxy groups -OCH3 is 1. The maximum atomic E-state index is 13.2. The molecule has 1 aliphatic heterocycles. The van der Waals surface area contributed by atoms with Gasteiger partial charge < -0.3 is 9.47 Å². The fourth-order valence-electron chi connectivity index (χ4n) is 5.45. The summed E-state index contributed by atoms with van der Waals surface area (Å²) in [5, 5.41) is 0. The van der Waals surface area contributed by atoms with Crippen molar-refractivity contribution in [2.75, 3.05) is 25.1 Å². The van der Waals surface area contributed by atoms with Crippen molar-refractivity contribution in [1.29, 1.82) is 0 Å². The smallest absolute Gasteiger partial charge is 0.264 e. The molecule has 3 aromatic rings. The fourth-order valence-corrected chi connectivity index (χ4v) is 6.64. The van der Waals surface area contributed by atoms with Crippen molar-refractivity contribution in [3.05, 3.63) is 82.9 Å². The van der Waals surface area contributed by atoms with Gasteiger partial charge in [0.25, 0.3) is 10.0 Å². The highest BCUT2D eigenvalue weighted by atomic mass is 32.2. The molecule has 6 nitrogen and oxygen atoms in total. The highest BCUT2D eigenvalue weighted by Crippen LogP contribution is 2.45. The second-order valence-electron chi connectivity index (χ2n) is 9.79. The van der Waals surface area contributed by atoms with E-state index in [1.54, 1.807) is 26.3 Å². The monoisotopic (exact) mass is 518 g/mol. The Hall–Kier alpha value is -3.32. The van der Waals surface area contributed by atoms with Gasteiger partial charge in [0.1, 0.15) is 0 Å². The van der Waals surface area contributed by atoms with E-state index in [0.29, 0.717) is 24.0 Å². The number of aliphatic imine (C=N–C) groups is 1. The lowest BCUT2D eigenvalue weighted by atomic mass is 9.75. The van der Waals surface area contributed by atoms with E-state index in [-0.39, 0.29) is 10.9 Å². The molecule has 0 amide bonds. The second-order valence-corrected chi connectivity index (χ2v) is 11.8. The van der Waals surface area contributed by atoms with Crippen molar-refractivity contribution in [1.82, 2.24) is 0 Å². The van der Waals surface area contributed by atoms with Crippen LogP contribution in [-0.4, -0.2) is 40.9 Å². The Labute approximate surface area is 220 Å². The number of hydrogen-bond donors (Lipinski definition) is 0. The normalized spacial score (nSPS) is 18.9. The van der Waals surface area contributed by atoms with Crippen LogP contribution in [0, 0.1) is 6.92 Å². The Kier molecular flexibility index (Phi) is 6.99. The van der Waals surface area contributed by atoms with Crippen molar-refractivity contribution in [2.24, 2.45) is 4.99 Å². The summed E-state index contributed by atoms with van der Waals surface area (Å²) in [4.78, 5) is 5.51. The Morgan fingerprint density at radius 1 is 0.973 bits per heavy atom. The van der Waals surface area contributed by atoms with Crippen LogP contribution in [0.25, 0.3) is 0 Å². The average molecular weight is 519 g/mol. The number of rotatable bonds is 7. The van der Waals surface area contributed by atoms with Gasteiger partial charge in [-0.15, -0.1) is 0 Å². The number of aryl methyl sites for hydroxylation is 1. The first-order valence-corrected chi connectivity index (χ1v) is 14.4. The van der Waals surface area contributed by atoms with E-state index in [4.69, 9.17) is 14.5 Å². The minimum Gasteiger partial charge on any atom is -0.493 e. The minimum atomic E-state index is -3.66. The number of hydrogen-bond acceptors (Lipinski definition) is 5. The molecule has 0 N–H and O–H groups in total. The molecule has 37 heavy (non-hydrogen) atoms. The predicted molar refractivity (Wildman–Crippen MR) is 148 cm³/mol. The van der Waals surface area contributed by atoms with Crippen LogP contribution in [0.3, 0.4) is 0 Å². The molecule has 7 heteroatoms. The molecule has 2 atom stereocenters. The Morgan fingerprint density at radius 2 is 1.68 bits per heavy atom. The van der Waals surface area contributed by atoms with Crippen LogP contribution in [0.1, 0.15) is 60.8 Å². The van der Waals surface area contributed by atoms with Gasteiger partial charge >= 0.3 is 0 Å². The number of ether oxygens (including phenoxy) is 2. The zero-order chi connectivity index (χ0) is 26.2. The lowest BCUT2D eigenvalue weighted by molar-refractivity contribution is 0.308. The molecule has 5 rings (SSSR count). The van der Waals surface area contributed by atoms with E-state index in [0.717, 1.165) is 41.0 Å². The van der Waals surface area contributed by atoms with Gasteiger partial charge in [-0.05, 0) is 68.7 Å². The number of fused-ring (bicyclic) bond motifs is 3. The molecule has 0 aromatic heterocycles. The molecule has 0 radical (unpaired) electrons. The fraction of sp³-hybridized carbons (Fsp3) is 0.367. The van der Waals surface area contributed by atoms with Crippen LogP contribution in [0.5, 0.6) is 11.5 Å². The average Bonchev–Trinajstić information content (AvgIpc) is 2.92. The first kappa shape index (κ1) is 25.3. The second kappa shape index (κ2) is 10.2. The maximum Gasteiger partial charge on any atom is 0.264 e. The molecule has 2 aliphatic rings. The van der Waals surface area contributed by atoms with E-state index in [2.05, 4.69) is 6.07 Å². The van der Waals surface area contributed by atoms with Gasteiger partial charge in [0, 0.05) is 24.1 Å². The Bertz CT molecular complexity index is 1410. The Balaban J connectivity index is 1.52. The third kappa shape index (κ3) is 4.73. The molecule has 0 unspecified atom stereocenters. The molecule has 3 aromatic carbocycles. The van der Waals surface area contributed by atoms with Crippen molar-refractivity contribution < 1.29 is 17.9 Å². The molecular weight excluding hydrogens is 484 g/mol. The molecule has 194 valence electrons. The van der Waals surface area contributed by atoms with Crippen molar-refractivity contribution >= 4 is 21.4 Å². The topological polar surface area (TPSA) is 68.2 Å². The largest absolute Gasteiger partial charge is 0.493 e. The van der Waals surface area contributed by atoms with Crippen LogP contribution >= 0.6 is 0 Å². The summed E-state index contributed by atoms with van der Waals surface area (Å²) in [6, 6.07) is 19.0. The van der Waals surface area contributed by atoms with Crippen molar-refractivity contribution in [3.63, 3.8) is 0 Å². The van der Waals surface area contributed by atoms with Gasteiger partial charge in [-0.2, -0.15) is 0 Å². The van der Waals surface area contributed by atoms with Gasteiger partial charge in [-0.3, -0.25) is 9.30 Å². The molecule has 0 spiro atoms. The maximum absolute atomic E-state index is 13.2. The predicted octanol–water partition coefficient (Wildman–Crippen LogP) is 6.10. The van der Waals surface area contributed by atoms with Gasteiger partial charge in [0.2, 0.25) is 0 Å². The SMILES string of the molecule is CCOc1cc2c(cc1OC)C(c1ccc(N(C)S(=O)(=O)c3ccc(C)cc3)cc1)=N[C@H]1CCCC[C@@H]21.